The summed E-state index contributed by atoms with van der Waals surface area (Å²) in [6.07, 6.45) is 2.18. The average molecular weight is 251 g/mol. The van der Waals surface area contributed by atoms with Crippen LogP contribution in [0.2, 0.25) is 0 Å². The lowest BCUT2D eigenvalue weighted by Gasteiger charge is -2.18. The summed E-state index contributed by atoms with van der Waals surface area (Å²) in [4.78, 5) is 0. The van der Waals surface area contributed by atoms with Crippen molar-refractivity contribution in [2.75, 3.05) is 32.7 Å². The molecule has 0 bridgehead atoms. The van der Waals surface area contributed by atoms with Gasteiger partial charge in [0.05, 0.1) is 26.5 Å². The lowest BCUT2D eigenvalue weighted by Crippen LogP contribution is -2.19. The fraction of sp³-hybridized carbons (Fsp3) is 0.571. The Morgan fingerprint density at radius 3 is 2.50 bits per heavy atom. The number of nitrogens with one attached hydrogen (secondary N) is 1. The van der Waals surface area contributed by atoms with Gasteiger partial charge in [0.1, 0.15) is 11.5 Å². The average Bonchev–Trinajstić information content (AvgIpc) is 3.17. The van der Waals surface area contributed by atoms with Crippen molar-refractivity contribution in [3.05, 3.63) is 17.7 Å². The van der Waals surface area contributed by atoms with Gasteiger partial charge in [-0.1, -0.05) is 0 Å². The molecule has 0 saturated heterocycles. The van der Waals surface area contributed by atoms with Crippen LogP contribution in [0.15, 0.2) is 12.1 Å². The lowest BCUT2D eigenvalue weighted by atomic mass is 10.1. The molecule has 0 unspecified atom stereocenters. The molecule has 1 aromatic rings. The van der Waals surface area contributed by atoms with Gasteiger partial charge in [-0.05, 0) is 31.9 Å². The molecule has 0 aliphatic heterocycles. The normalized spacial score (nSPS) is 16.2. The molecule has 2 rings (SSSR count). The molecule has 1 fully saturated rings. The summed E-state index contributed by atoms with van der Waals surface area (Å²) in [5.41, 5.74) is 2.02. The van der Waals surface area contributed by atoms with E-state index < -0.39 is 0 Å². The first-order chi connectivity index (χ1) is 8.65. The molecule has 2 N–H and O–H groups in total. The molecule has 0 atom stereocenters. The van der Waals surface area contributed by atoms with E-state index in [1.807, 2.05) is 19.1 Å². The van der Waals surface area contributed by atoms with Crippen molar-refractivity contribution in [1.29, 1.82) is 0 Å². The number of anilines is 1. The highest BCUT2D eigenvalue weighted by molar-refractivity contribution is 5.64. The number of aliphatic hydroxyl groups excluding tert-OH is 1. The van der Waals surface area contributed by atoms with Crippen molar-refractivity contribution in [3.8, 4) is 11.5 Å². The van der Waals surface area contributed by atoms with Crippen LogP contribution in [0.1, 0.15) is 18.4 Å². The van der Waals surface area contributed by atoms with Gasteiger partial charge < -0.3 is 19.9 Å². The number of ether oxygens (including phenoxy) is 2. The standard InChI is InChI=1S/C14H21NO3/c1-10-12(17-2)5-4-11(13(10)18-3)15-8-14(9-16)6-7-14/h4-5,15-16H,6-9H2,1-3H3. The van der Waals surface area contributed by atoms with Gasteiger partial charge in [-0.15, -0.1) is 0 Å². The van der Waals surface area contributed by atoms with E-state index in [2.05, 4.69) is 5.32 Å². The zero-order valence-corrected chi connectivity index (χ0v) is 11.2. The van der Waals surface area contributed by atoms with Crippen LogP contribution in [-0.4, -0.2) is 32.5 Å². The Morgan fingerprint density at radius 1 is 1.28 bits per heavy atom. The number of rotatable bonds is 6. The molecule has 0 radical (unpaired) electrons. The molecule has 100 valence electrons. The van der Waals surface area contributed by atoms with Gasteiger partial charge in [0, 0.05) is 17.5 Å². The SMILES string of the molecule is COc1ccc(NCC2(CO)CC2)c(OC)c1C. The Bertz CT molecular complexity index is 427. The monoisotopic (exact) mass is 251 g/mol. The number of methoxy groups -OCH3 is 2. The molecule has 1 aliphatic rings. The van der Waals surface area contributed by atoms with Crippen LogP contribution in [0, 0.1) is 12.3 Å². The number of aliphatic hydroxyl groups is 1. The van der Waals surface area contributed by atoms with E-state index in [0.717, 1.165) is 42.1 Å². The lowest BCUT2D eigenvalue weighted by molar-refractivity contribution is 0.219. The molecule has 1 saturated carbocycles. The van der Waals surface area contributed by atoms with Crippen molar-refractivity contribution in [2.45, 2.75) is 19.8 Å². The molecule has 0 heterocycles. The molecule has 4 nitrogen and oxygen atoms in total. The first-order valence-corrected chi connectivity index (χ1v) is 6.22. The summed E-state index contributed by atoms with van der Waals surface area (Å²) in [5, 5.41) is 12.7. The summed E-state index contributed by atoms with van der Waals surface area (Å²) in [6, 6.07) is 3.89. The van der Waals surface area contributed by atoms with Gasteiger partial charge in [0.2, 0.25) is 0 Å². The van der Waals surface area contributed by atoms with Crippen LogP contribution in [0.4, 0.5) is 5.69 Å². The minimum Gasteiger partial charge on any atom is -0.496 e. The van der Waals surface area contributed by atoms with Crippen molar-refractivity contribution >= 4 is 5.69 Å². The van der Waals surface area contributed by atoms with E-state index in [0.29, 0.717) is 0 Å². The third-order valence-corrected chi connectivity index (χ3v) is 3.73. The topological polar surface area (TPSA) is 50.7 Å². The second kappa shape index (κ2) is 5.06. The van der Waals surface area contributed by atoms with E-state index in [1.165, 1.54) is 0 Å². The summed E-state index contributed by atoms with van der Waals surface area (Å²) >= 11 is 0. The molecule has 0 aromatic heterocycles. The maximum atomic E-state index is 9.31. The number of hydrogen-bond acceptors (Lipinski definition) is 4. The van der Waals surface area contributed by atoms with Crippen molar-refractivity contribution in [2.24, 2.45) is 5.41 Å². The molecule has 0 amide bonds. The van der Waals surface area contributed by atoms with Crippen LogP contribution in [0.3, 0.4) is 0 Å². The Labute approximate surface area is 108 Å². The molecular weight excluding hydrogens is 230 g/mol. The highest BCUT2D eigenvalue weighted by Gasteiger charge is 2.41. The fourth-order valence-electron chi connectivity index (χ4n) is 2.15. The van der Waals surface area contributed by atoms with Gasteiger partial charge in [-0.2, -0.15) is 0 Å². The number of benzene rings is 1. The first kappa shape index (κ1) is 13.0. The summed E-state index contributed by atoms with van der Waals surface area (Å²) in [6.45, 7) is 3.00. The van der Waals surface area contributed by atoms with Crippen LogP contribution in [0.25, 0.3) is 0 Å². The number of hydrogen-bond donors (Lipinski definition) is 2. The Kier molecular flexibility index (Phi) is 3.66. The Hall–Kier alpha value is -1.42. The van der Waals surface area contributed by atoms with Crippen molar-refractivity contribution < 1.29 is 14.6 Å². The zero-order chi connectivity index (χ0) is 13.2. The fourth-order valence-corrected chi connectivity index (χ4v) is 2.15. The van der Waals surface area contributed by atoms with E-state index in [-0.39, 0.29) is 12.0 Å². The van der Waals surface area contributed by atoms with Gasteiger partial charge in [-0.25, -0.2) is 0 Å². The largest absolute Gasteiger partial charge is 0.496 e. The highest BCUT2D eigenvalue weighted by atomic mass is 16.5. The zero-order valence-electron chi connectivity index (χ0n) is 11.2. The van der Waals surface area contributed by atoms with E-state index in [1.54, 1.807) is 14.2 Å². The van der Waals surface area contributed by atoms with Gasteiger partial charge in [0.15, 0.2) is 0 Å². The molecular formula is C14H21NO3. The quantitative estimate of drug-likeness (QED) is 0.813. The molecule has 1 aliphatic carbocycles. The predicted molar refractivity (Wildman–Crippen MR) is 71.5 cm³/mol. The van der Waals surface area contributed by atoms with E-state index in [4.69, 9.17) is 9.47 Å². The van der Waals surface area contributed by atoms with Crippen molar-refractivity contribution in [3.63, 3.8) is 0 Å². The van der Waals surface area contributed by atoms with Gasteiger partial charge >= 0.3 is 0 Å². The maximum Gasteiger partial charge on any atom is 0.148 e. The van der Waals surface area contributed by atoms with Crippen LogP contribution >= 0.6 is 0 Å². The molecule has 4 heteroatoms. The third kappa shape index (κ3) is 2.38. The predicted octanol–water partition coefficient (Wildman–Crippen LogP) is 2.20. The smallest absolute Gasteiger partial charge is 0.148 e. The first-order valence-electron chi connectivity index (χ1n) is 6.22. The third-order valence-electron chi connectivity index (χ3n) is 3.73. The van der Waals surface area contributed by atoms with Gasteiger partial charge in [-0.3, -0.25) is 0 Å². The molecule has 18 heavy (non-hydrogen) atoms. The van der Waals surface area contributed by atoms with Crippen molar-refractivity contribution in [1.82, 2.24) is 0 Å². The minimum absolute atomic E-state index is 0.0822. The Balaban J connectivity index is 2.15. The molecule has 1 aromatic carbocycles. The van der Waals surface area contributed by atoms with E-state index in [9.17, 15) is 5.11 Å². The summed E-state index contributed by atoms with van der Waals surface area (Å²) in [7, 11) is 3.31. The second-order valence-electron chi connectivity index (χ2n) is 4.99. The van der Waals surface area contributed by atoms with Crippen LogP contribution in [-0.2, 0) is 0 Å². The van der Waals surface area contributed by atoms with Crippen LogP contribution < -0.4 is 14.8 Å². The Morgan fingerprint density at radius 2 is 2.00 bits per heavy atom. The van der Waals surface area contributed by atoms with Gasteiger partial charge in [0.25, 0.3) is 0 Å². The summed E-state index contributed by atoms with van der Waals surface area (Å²) < 4.78 is 10.7. The summed E-state index contributed by atoms with van der Waals surface area (Å²) in [5.74, 6) is 1.63. The highest BCUT2D eigenvalue weighted by Crippen LogP contribution is 2.45. The maximum absolute atomic E-state index is 9.31. The minimum atomic E-state index is 0.0822. The molecule has 0 spiro atoms. The second-order valence-corrected chi connectivity index (χ2v) is 4.99. The van der Waals surface area contributed by atoms with Crippen LogP contribution in [0.5, 0.6) is 11.5 Å². The van der Waals surface area contributed by atoms with E-state index >= 15 is 0 Å².